The molecule has 0 amide bonds. The third-order valence-electron chi connectivity index (χ3n) is 3.03. The van der Waals surface area contributed by atoms with Crippen LogP contribution in [0, 0.1) is 5.82 Å². The molecule has 0 radical (unpaired) electrons. The van der Waals surface area contributed by atoms with E-state index in [0.29, 0.717) is 19.0 Å². The molecule has 1 aliphatic rings. The summed E-state index contributed by atoms with van der Waals surface area (Å²) in [6.45, 7) is 2.67. The predicted molar refractivity (Wildman–Crippen MR) is 72.2 cm³/mol. The van der Waals surface area contributed by atoms with Gasteiger partial charge in [0.15, 0.2) is 11.6 Å². The number of ether oxygens (including phenoxy) is 3. The van der Waals surface area contributed by atoms with Crippen LogP contribution in [0.25, 0.3) is 0 Å². The van der Waals surface area contributed by atoms with E-state index in [-0.39, 0.29) is 5.75 Å². The molecule has 4 heteroatoms. The third kappa shape index (κ3) is 3.08. The Morgan fingerprint density at radius 1 is 1.20 bits per heavy atom. The monoisotopic (exact) mass is 274 g/mol. The van der Waals surface area contributed by atoms with E-state index in [0.717, 1.165) is 5.56 Å². The lowest BCUT2D eigenvalue weighted by molar-refractivity contribution is 0.0797. The van der Waals surface area contributed by atoms with Gasteiger partial charge in [-0.1, -0.05) is 30.3 Å². The van der Waals surface area contributed by atoms with Gasteiger partial charge in [-0.25, -0.2) is 4.39 Å². The van der Waals surface area contributed by atoms with Gasteiger partial charge < -0.3 is 14.2 Å². The Morgan fingerprint density at radius 2 is 1.95 bits per heavy atom. The fourth-order valence-electron chi connectivity index (χ4n) is 1.81. The molecule has 0 spiro atoms. The van der Waals surface area contributed by atoms with Crippen molar-refractivity contribution in [3.63, 3.8) is 0 Å². The first kappa shape index (κ1) is 12.9. The number of rotatable bonds is 5. The summed E-state index contributed by atoms with van der Waals surface area (Å²) in [6, 6.07) is 14.2. The third-order valence-corrected chi connectivity index (χ3v) is 3.03. The molecule has 0 unspecified atom stereocenters. The Balaban J connectivity index is 1.65. The van der Waals surface area contributed by atoms with E-state index in [1.54, 1.807) is 12.1 Å². The van der Waals surface area contributed by atoms with E-state index in [1.165, 1.54) is 6.07 Å². The van der Waals surface area contributed by atoms with Crippen molar-refractivity contribution in [2.45, 2.75) is 19.3 Å². The van der Waals surface area contributed by atoms with E-state index in [2.05, 4.69) is 0 Å². The minimum atomic E-state index is -0.598. The standard InChI is InChI=1S/C16H15FO3/c1-16(11-19-16)20-13-7-8-15(14(17)9-13)18-10-12-5-3-2-4-6-12/h2-9H,10-11H2,1H3/t16-/m0/s1. The van der Waals surface area contributed by atoms with Gasteiger partial charge >= 0.3 is 0 Å². The zero-order valence-electron chi connectivity index (χ0n) is 11.1. The van der Waals surface area contributed by atoms with E-state index in [9.17, 15) is 4.39 Å². The Kier molecular flexibility index (Phi) is 3.32. The summed E-state index contributed by atoms with van der Waals surface area (Å²) < 4.78 is 30.0. The number of hydrogen-bond acceptors (Lipinski definition) is 3. The second-order valence-corrected chi connectivity index (χ2v) is 4.89. The summed E-state index contributed by atoms with van der Waals surface area (Å²) in [5.41, 5.74) is 0.992. The van der Waals surface area contributed by atoms with Crippen LogP contribution in [0.2, 0.25) is 0 Å². The molecule has 0 saturated carbocycles. The molecule has 0 bridgehead atoms. The van der Waals surface area contributed by atoms with Crippen LogP contribution in [-0.2, 0) is 11.3 Å². The lowest BCUT2D eigenvalue weighted by Gasteiger charge is -2.12. The van der Waals surface area contributed by atoms with Crippen molar-refractivity contribution in [3.8, 4) is 11.5 Å². The maximum absolute atomic E-state index is 13.9. The molecule has 1 fully saturated rings. The highest BCUT2D eigenvalue weighted by atomic mass is 19.1. The second-order valence-electron chi connectivity index (χ2n) is 4.89. The van der Waals surface area contributed by atoms with Crippen molar-refractivity contribution in [2.75, 3.05) is 6.61 Å². The molecule has 20 heavy (non-hydrogen) atoms. The first-order valence-electron chi connectivity index (χ1n) is 6.44. The molecular weight excluding hydrogens is 259 g/mol. The second kappa shape index (κ2) is 5.13. The summed E-state index contributed by atoms with van der Waals surface area (Å²) in [7, 11) is 0. The highest BCUT2D eigenvalue weighted by molar-refractivity contribution is 5.34. The lowest BCUT2D eigenvalue weighted by Crippen LogP contribution is -2.14. The molecule has 0 N–H and O–H groups in total. The van der Waals surface area contributed by atoms with Gasteiger partial charge in [0, 0.05) is 13.0 Å². The van der Waals surface area contributed by atoms with Crippen molar-refractivity contribution in [1.82, 2.24) is 0 Å². The Hall–Kier alpha value is -2.07. The molecule has 1 aliphatic heterocycles. The van der Waals surface area contributed by atoms with Gasteiger partial charge in [-0.3, -0.25) is 0 Å². The number of epoxide rings is 1. The lowest BCUT2D eigenvalue weighted by atomic mass is 10.2. The van der Waals surface area contributed by atoms with Crippen LogP contribution in [0.4, 0.5) is 4.39 Å². The van der Waals surface area contributed by atoms with Crippen LogP contribution < -0.4 is 9.47 Å². The summed E-state index contributed by atoms with van der Waals surface area (Å²) in [5.74, 6) is -0.390. The SMILES string of the molecule is C[C@]1(Oc2ccc(OCc3ccccc3)c(F)c2)CO1. The van der Waals surface area contributed by atoms with Gasteiger partial charge in [0.05, 0.1) is 0 Å². The molecule has 3 nitrogen and oxygen atoms in total. The average Bonchev–Trinajstić information content (AvgIpc) is 3.16. The van der Waals surface area contributed by atoms with Gasteiger partial charge in [0.2, 0.25) is 5.79 Å². The molecule has 2 aromatic rings. The van der Waals surface area contributed by atoms with Crippen molar-refractivity contribution in [1.29, 1.82) is 0 Å². The highest BCUT2D eigenvalue weighted by Gasteiger charge is 2.42. The molecular formula is C16H15FO3. The highest BCUT2D eigenvalue weighted by Crippen LogP contribution is 2.32. The van der Waals surface area contributed by atoms with Gasteiger partial charge in [-0.05, 0) is 17.7 Å². The van der Waals surface area contributed by atoms with Crippen molar-refractivity contribution < 1.29 is 18.6 Å². The fourth-order valence-corrected chi connectivity index (χ4v) is 1.81. The molecule has 0 aliphatic carbocycles. The number of benzene rings is 2. The number of hydrogen-bond donors (Lipinski definition) is 0. The van der Waals surface area contributed by atoms with Crippen LogP contribution in [0.1, 0.15) is 12.5 Å². The Morgan fingerprint density at radius 3 is 2.60 bits per heavy atom. The van der Waals surface area contributed by atoms with Gasteiger partial charge in [-0.15, -0.1) is 0 Å². The quantitative estimate of drug-likeness (QED) is 0.781. The fraction of sp³-hybridized carbons (Fsp3) is 0.250. The van der Waals surface area contributed by atoms with E-state index in [1.807, 2.05) is 37.3 Å². The molecule has 1 saturated heterocycles. The van der Waals surface area contributed by atoms with Gasteiger partial charge in [-0.2, -0.15) is 0 Å². The number of halogens is 1. The Labute approximate surface area is 116 Å². The maximum atomic E-state index is 13.9. The Bertz CT molecular complexity index is 594. The minimum Gasteiger partial charge on any atom is -0.486 e. The molecule has 104 valence electrons. The molecule has 1 atom stereocenters. The van der Waals surface area contributed by atoms with E-state index >= 15 is 0 Å². The zero-order valence-corrected chi connectivity index (χ0v) is 11.1. The van der Waals surface area contributed by atoms with Crippen LogP contribution in [0.5, 0.6) is 11.5 Å². The van der Waals surface area contributed by atoms with E-state index in [4.69, 9.17) is 14.2 Å². The smallest absolute Gasteiger partial charge is 0.231 e. The molecule has 3 rings (SSSR count). The van der Waals surface area contributed by atoms with Crippen LogP contribution >= 0.6 is 0 Å². The van der Waals surface area contributed by atoms with Crippen molar-refractivity contribution in [3.05, 3.63) is 59.9 Å². The predicted octanol–water partition coefficient (Wildman–Crippen LogP) is 3.53. The normalized spacial score (nSPS) is 20.5. The zero-order chi connectivity index (χ0) is 14.0. The van der Waals surface area contributed by atoms with Crippen LogP contribution in [0.15, 0.2) is 48.5 Å². The molecule has 2 aromatic carbocycles. The summed E-state index contributed by atoms with van der Waals surface area (Å²) in [6.07, 6.45) is 0. The summed E-state index contributed by atoms with van der Waals surface area (Å²) in [5, 5.41) is 0. The first-order valence-corrected chi connectivity index (χ1v) is 6.44. The first-order chi connectivity index (χ1) is 9.65. The van der Waals surface area contributed by atoms with Gasteiger partial charge in [0.25, 0.3) is 0 Å². The van der Waals surface area contributed by atoms with Crippen LogP contribution in [0.3, 0.4) is 0 Å². The topological polar surface area (TPSA) is 31.0 Å². The summed E-state index contributed by atoms with van der Waals surface area (Å²) in [4.78, 5) is 0. The average molecular weight is 274 g/mol. The minimum absolute atomic E-state index is 0.211. The maximum Gasteiger partial charge on any atom is 0.231 e. The summed E-state index contributed by atoms with van der Waals surface area (Å²) >= 11 is 0. The molecule has 0 aromatic heterocycles. The molecule has 1 heterocycles. The van der Waals surface area contributed by atoms with Crippen molar-refractivity contribution in [2.24, 2.45) is 0 Å². The van der Waals surface area contributed by atoms with E-state index < -0.39 is 11.6 Å². The van der Waals surface area contributed by atoms with Crippen LogP contribution in [-0.4, -0.2) is 12.4 Å². The van der Waals surface area contributed by atoms with Crippen molar-refractivity contribution >= 4 is 0 Å². The largest absolute Gasteiger partial charge is 0.486 e. The van der Waals surface area contributed by atoms with Gasteiger partial charge in [0.1, 0.15) is 19.0 Å².